The van der Waals surface area contributed by atoms with E-state index in [1.54, 1.807) is 68.4 Å². The molecule has 0 fully saturated rings. The van der Waals surface area contributed by atoms with Gasteiger partial charge in [-0.05, 0) is 73.7 Å². The fraction of sp³-hybridized carbons (Fsp3) is 0.310. The van der Waals surface area contributed by atoms with Crippen LogP contribution in [-0.2, 0) is 26.2 Å². The highest BCUT2D eigenvalue weighted by Gasteiger charge is 2.34. The molecule has 2 amide bonds. The largest absolute Gasteiger partial charge is 0.492 e. The quantitative estimate of drug-likeness (QED) is 0.236. The van der Waals surface area contributed by atoms with E-state index in [4.69, 9.17) is 27.9 Å². The molecule has 0 aliphatic heterocycles. The number of ether oxygens (including phenoxy) is 1. The number of carbonyl (C=O) groups excluding carboxylic acids is 2. The van der Waals surface area contributed by atoms with E-state index in [1.165, 1.54) is 35.8 Å². The number of carbonyl (C=O) groups is 2. The fourth-order valence-corrected chi connectivity index (χ4v) is 6.55. The van der Waals surface area contributed by atoms with Crippen molar-refractivity contribution in [3.63, 3.8) is 0 Å². The number of amides is 2. The first-order valence-electron chi connectivity index (χ1n) is 12.9. The maximum atomic E-state index is 14.1. The topological polar surface area (TPSA) is 96.0 Å². The number of thioether (sulfide) groups is 1. The normalized spacial score (nSPS) is 12.0. The Balaban J connectivity index is 2.13. The number of likely N-dealkylation sites (N-methyl/N-ethyl adjacent to an activating group) is 1. The van der Waals surface area contributed by atoms with Crippen molar-refractivity contribution in [2.75, 3.05) is 30.8 Å². The highest BCUT2D eigenvalue weighted by molar-refractivity contribution is 7.98. The van der Waals surface area contributed by atoms with Gasteiger partial charge in [-0.2, -0.15) is 0 Å². The van der Waals surface area contributed by atoms with Crippen molar-refractivity contribution >= 4 is 62.5 Å². The molecular weight excluding hydrogens is 605 g/mol. The number of anilines is 1. The molecule has 0 radical (unpaired) electrons. The first kappa shape index (κ1) is 32.6. The molecular formula is C29H33Cl2N3O5S2. The number of hydrogen-bond acceptors (Lipinski definition) is 6. The lowest BCUT2D eigenvalue weighted by Gasteiger charge is -2.33. The second kappa shape index (κ2) is 14.8. The van der Waals surface area contributed by atoms with Crippen molar-refractivity contribution in [3.8, 4) is 5.75 Å². The maximum absolute atomic E-state index is 14.1. The third kappa shape index (κ3) is 7.88. The lowest BCUT2D eigenvalue weighted by molar-refractivity contribution is -0.140. The fourth-order valence-electron chi connectivity index (χ4n) is 4.25. The zero-order valence-corrected chi connectivity index (χ0v) is 26.4. The van der Waals surface area contributed by atoms with Crippen molar-refractivity contribution in [2.45, 2.75) is 42.6 Å². The Bertz CT molecular complexity index is 1470. The lowest BCUT2D eigenvalue weighted by atomic mass is 10.1. The zero-order chi connectivity index (χ0) is 30.2. The molecule has 0 saturated carbocycles. The van der Waals surface area contributed by atoms with Crippen LogP contribution in [0.2, 0.25) is 10.0 Å². The third-order valence-corrected chi connectivity index (χ3v) is 9.45. The van der Waals surface area contributed by atoms with Crippen LogP contribution in [0.1, 0.15) is 25.8 Å². The summed E-state index contributed by atoms with van der Waals surface area (Å²) in [6.07, 6.45) is 2.18. The molecule has 1 N–H and O–H groups in total. The highest BCUT2D eigenvalue weighted by Crippen LogP contribution is 2.33. The number of sulfonamides is 1. The van der Waals surface area contributed by atoms with Gasteiger partial charge in [-0.15, -0.1) is 11.8 Å². The monoisotopic (exact) mass is 637 g/mol. The van der Waals surface area contributed by atoms with Crippen LogP contribution >= 0.6 is 35.0 Å². The molecule has 12 heteroatoms. The summed E-state index contributed by atoms with van der Waals surface area (Å²) in [4.78, 5) is 29.2. The molecule has 0 aromatic heterocycles. The van der Waals surface area contributed by atoms with E-state index in [9.17, 15) is 18.0 Å². The standard InChI is InChI=1S/C29H33Cl2N3O5S2/c1-5-25(29(36)32-3)33(18-20-11-12-21(30)17-24(20)31)28(35)19-34(26-9-7-8-10-27(26)39-6-2)41(37,38)23-15-13-22(40-4)14-16-23/h7-17,25H,5-6,18-19H2,1-4H3,(H,32,36)/t25-/m1/s1. The number of para-hydroxylation sites is 2. The van der Waals surface area contributed by atoms with Crippen LogP contribution in [0.25, 0.3) is 0 Å². The summed E-state index contributed by atoms with van der Waals surface area (Å²) in [5, 5.41) is 3.34. The molecule has 0 bridgehead atoms. The van der Waals surface area contributed by atoms with Crippen LogP contribution in [0, 0.1) is 0 Å². The average molecular weight is 639 g/mol. The Kier molecular flexibility index (Phi) is 11.8. The first-order valence-corrected chi connectivity index (χ1v) is 16.3. The molecule has 220 valence electrons. The Morgan fingerprint density at radius 1 is 1.02 bits per heavy atom. The van der Waals surface area contributed by atoms with Crippen molar-refractivity contribution in [3.05, 3.63) is 82.3 Å². The SMILES string of the molecule is CCOc1ccccc1N(CC(=O)N(Cc1ccc(Cl)cc1Cl)[C@H](CC)C(=O)NC)S(=O)(=O)c1ccc(SC)cc1. The summed E-state index contributed by atoms with van der Waals surface area (Å²) in [6.45, 7) is 3.22. The number of rotatable bonds is 13. The molecule has 0 unspecified atom stereocenters. The molecule has 3 aromatic rings. The molecule has 3 aromatic carbocycles. The van der Waals surface area contributed by atoms with Gasteiger partial charge in [0.15, 0.2) is 0 Å². The molecule has 3 rings (SSSR count). The lowest BCUT2D eigenvalue weighted by Crippen LogP contribution is -2.51. The minimum absolute atomic E-state index is 0.0139. The van der Waals surface area contributed by atoms with Gasteiger partial charge in [-0.3, -0.25) is 13.9 Å². The predicted octanol–water partition coefficient (Wildman–Crippen LogP) is 5.86. The molecule has 0 spiro atoms. The van der Waals surface area contributed by atoms with Crippen LogP contribution < -0.4 is 14.4 Å². The number of nitrogens with zero attached hydrogens (tertiary/aromatic N) is 2. The Morgan fingerprint density at radius 2 is 1.71 bits per heavy atom. The van der Waals surface area contributed by atoms with E-state index in [1.807, 2.05) is 6.26 Å². The van der Waals surface area contributed by atoms with Gasteiger partial charge in [0, 0.05) is 28.5 Å². The van der Waals surface area contributed by atoms with Gasteiger partial charge >= 0.3 is 0 Å². The average Bonchev–Trinajstić information content (AvgIpc) is 2.97. The van der Waals surface area contributed by atoms with Crippen molar-refractivity contribution in [1.29, 1.82) is 0 Å². The van der Waals surface area contributed by atoms with Crippen molar-refractivity contribution < 1.29 is 22.7 Å². The van der Waals surface area contributed by atoms with E-state index < -0.39 is 28.5 Å². The van der Waals surface area contributed by atoms with E-state index in [-0.39, 0.29) is 36.1 Å². The van der Waals surface area contributed by atoms with Gasteiger partial charge in [0.05, 0.1) is 17.2 Å². The molecule has 8 nitrogen and oxygen atoms in total. The van der Waals surface area contributed by atoms with E-state index in [2.05, 4.69) is 5.32 Å². The van der Waals surface area contributed by atoms with E-state index >= 15 is 0 Å². The zero-order valence-electron chi connectivity index (χ0n) is 23.3. The first-order chi connectivity index (χ1) is 19.6. The predicted molar refractivity (Wildman–Crippen MR) is 166 cm³/mol. The van der Waals surface area contributed by atoms with Crippen LogP contribution in [0.4, 0.5) is 5.69 Å². The minimum Gasteiger partial charge on any atom is -0.492 e. The van der Waals surface area contributed by atoms with Gasteiger partial charge in [0.25, 0.3) is 10.0 Å². The number of benzene rings is 3. The Hall–Kier alpha value is -2.92. The van der Waals surface area contributed by atoms with Crippen molar-refractivity contribution in [2.24, 2.45) is 0 Å². The molecule has 0 saturated heterocycles. The highest BCUT2D eigenvalue weighted by atomic mass is 35.5. The second-order valence-electron chi connectivity index (χ2n) is 8.88. The summed E-state index contributed by atoms with van der Waals surface area (Å²) in [7, 11) is -2.76. The summed E-state index contributed by atoms with van der Waals surface area (Å²) in [6, 6.07) is 17.0. The van der Waals surface area contributed by atoms with Crippen LogP contribution in [-0.4, -0.2) is 57.6 Å². The Morgan fingerprint density at radius 3 is 2.29 bits per heavy atom. The van der Waals surface area contributed by atoms with Gasteiger partial charge in [0.1, 0.15) is 18.3 Å². The minimum atomic E-state index is -4.24. The van der Waals surface area contributed by atoms with E-state index in [0.29, 0.717) is 21.4 Å². The molecule has 0 heterocycles. The Labute approximate surface area is 256 Å². The van der Waals surface area contributed by atoms with Crippen LogP contribution in [0.15, 0.2) is 76.5 Å². The molecule has 41 heavy (non-hydrogen) atoms. The third-order valence-electron chi connectivity index (χ3n) is 6.35. The van der Waals surface area contributed by atoms with Crippen LogP contribution in [0.5, 0.6) is 5.75 Å². The summed E-state index contributed by atoms with van der Waals surface area (Å²) in [5.41, 5.74) is 0.762. The number of halogens is 2. The van der Waals surface area contributed by atoms with Gasteiger partial charge < -0.3 is 15.0 Å². The summed E-state index contributed by atoms with van der Waals surface area (Å²) < 4.78 is 35.0. The number of nitrogens with one attached hydrogen (secondary N) is 1. The smallest absolute Gasteiger partial charge is 0.264 e. The van der Waals surface area contributed by atoms with Crippen molar-refractivity contribution in [1.82, 2.24) is 10.2 Å². The molecule has 0 aliphatic carbocycles. The summed E-state index contributed by atoms with van der Waals surface area (Å²) >= 11 is 14.0. The van der Waals surface area contributed by atoms with Gasteiger partial charge in [-0.1, -0.05) is 48.3 Å². The second-order valence-corrected chi connectivity index (χ2v) is 12.5. The van der Waals surface area contributed by atoms with Gasteiger partial charge in [0.2, 0.25) is 11.8 Å². The molecule has 1 atom stereocenters. The number of hydrogen-bond donors (Lipinski definition) is 1. The van der Waals surface area contributed by atoms with Crippen LogP contribution in [0.3, 0.4) is 0 Å². The molecule has 0 aliphatic rings. The van der Waals surface area contributed by atoms with E-state index in [0.717, 1.165) is 9.20 Å². The van der Waals surface area contributed by atoms with Gasteiger partial charge in [-0.25, -0.2) is 8.42 Å². The maximum Gasteiger partial charge on any atom is 0.264 e. The summed E-state index contributed by atoms with van der Waals surface area (Å²) in [5.74, 6) is -0.678.